The molecule has 0 spiro atoms. The average Bonchev–Trinajstić information content (AvgIpc) is 3.11. The summed E-state index contributed by atoms with van der Waals surface area (Å²) in [5.74, 6) is -0.505. The van der Waals surface area contributed by atoms with Gasteiger partial charge in [-0.15, -0.1) is 0 Å². The maximum atomic E-state index is 12.0. The molecule has 0 atom stereocenters. The highest BCUT2D eigenvalue weighted by molar-refractivity contribution is 5.97. The first kappa shape index (κ1) is 18.2. The lowest BCUT2D eigenvalue weighted by molar-refractivity contribution is 0.0999. The summed E-state index contributed by atoms with van der Waals surface area (Å²) < 4.78 is 1.62. The van der Waals surface area contributed by atoms with Crippen molar-refractivity contribution in [1.82, 2.24) is 19.6 Å². The van der Waals surface area contributed by atoms with Gasteiger partial charge in [0, 0.05) is 23.1 Å². The molecule has 0 fully saturated rings. The number of hydrogen-bond acceptors (Lipinski definition) is 5. The molecule has 140 valence electrons. The summed E-state index contributed by atoms with van der Waals surface area (Å²) in [6.07, 6.45) is 1.67. The highest BCUT2D eigenvalue weighted by atomic mass is 16.1. The molecule has 0 saturated heterocycles. The number of nitriles is 1. The van der Waals surface area contributed by atoms with E-state index >= 15 is 0 Å². The topological polar surface area (TPSA) is 96.3 Å². The monoisotopic (exact) mass is 380 g/mol. The molecule has 0 aliphatic heterocycles. The smallest absolute Gasteiger partial charge is 0.265 e. The van der Waals surface area contributed by atoms with Crippen LogP contribution in [0.4, 0.5) is 0 Å². The molecule has 1 amide bonds. The minimum Gasteiger partial charge on any atom is -0.265 e. The summed E-state index contributed by atoms with van der Waals surface area (Å²) in [5, 5.41) is 14.0. The average molecular weight is 380 g/mol. The van der Waals surface area contributed by atoms with Crippen LogP contribution in [0.25, 0.3) is 28.0 Å². The fraction of sp³-hybridized carbons (Fsp3) is 0.0909. The molecule has 0 aliphatic carbocycles. The van der Waals surface area contributed by atoms with Crippen LogP contribution in [0.5, 0.6) is 0 Å². The van der Waals surface area contributed by atoms with Crippen LogP contribution in [0.2, 0.25) is 0 Å². The summed E-state index contributed by atoms with van der Waals surface area (Å²) in [6.45, 7) is 7.13. The van der Waals surface area contributed by atoms with E-state index < -0.39 is 5.91 Å². The fourth-order valence-electron chi connectivity index (χ4n) is 3.31. The molecular weight excluding hydrogens is 364 g/mol. The van der Waals surface area contributed by atoms with E-state index in [1.807, 2.05) is 38.1 Å². The Morgan fingerprint density at radius 2 is 1.86 bits per heavy atom. The number of carbonyl (C=O) groups is 1. The standard InChI is InChI=1S/C22H16N6O/c1-13-9-17(10-14(2)25-13)19-20(16-6-4-5-15(11-16)12-23)27-28-8-7-18(22(29)24-3)26-21(19)28/h4-11H,3H2,1-2H3. The Morgan fingerprint density at radius 3 is 2.55 bits per heavy atom. The summed E-state index contributed by atoms with van der Waals surface area (Å²) in [7, 11) is 0. The second-order valence-corrected chi connectivity index (χ2v) is 6.60. The number of aryl methyl sites for hydroxylation is 2. The van der Waals surface area contributed by atoms with E-state index in [4.69, 9.17) is 0 Å². The van der Waals surface area contributed by atoms with Crippen molar-refractivity contribution < 1.29 is 4.79 Å². The molecule has 3 aromatic heterocycles. The maximum Gasteiger partial charge on any atom is 0.295 e. The van der Waals surface area contributed by atoms with Gasteiger partial charge in [0.25, 0.3) is 5.91 Å². The number of benzene rings is 1. The third kappa shape index (κ3) is 3.28. The maximum absolute atomic E-state index is 12.0. The van der Waals surface area contributed by atoms with Crippen molar-refractivity contribution in [3.05, 3.63) is 71.3 Å². The minimum atomic E-state index is -0.505. The molecule has 1 aromatic carbocycles. The Balaban J connectivity index is 2.08. The van der Waals surface area contributed by atoms with Crippen LogP contribution in [0, 0.1) is 25.2 Å². The van der Waals surface area contributed by atoms with Gasteiger partial charge in [-0.25, -0.2) is 14.5 Å². The minimum absolute atomic E-state index is 0.188. The Bertz CT molecular complexity index is 1310. The molecule has 4 rings (SSSR count). The van der Waals surface area contributed by atoms with Crippen molar-refractivity contribution >= 4 is 18.3 Å². The quantitative estimate of drug-likeness (QED) is 0.504. The molecule has 7 heteroatoms. The number of pyridine rings is 1. The first-order valence-electron chi connectivity index (χ1n) is 8.87. The number of fused-ring (bicyclic) bond motifs is 1. The lowest BCUT2D eigenvalue weighted by atomic mass is 9.99. The first-order valence-corrected chi connectivity index (χ1v) is 8.87. The van der Waals surface area contributed by atoms with Crippen molar-refractivity contribution in [2.75, 3.05) is 0 Å². The zero-order valence-electron chi connectivity index (χ0n) is 15.9. The van der Waals surface area contributed by atoms with Crippen LogP contribution in [0.3, 0.4) is 0 Å². The number of aliphatic imine (C=N–C) groups is 1. The first-order chi connectivity index (χ1) is 14.0. The van der Waals surface area contributed by atoms with Gasteiger partial charge < -0.3 is 0 Å². The number of hydrogen-bond donors (Lipinski definition) is 0. The van der Waals surface area contributed by atoms with Gasteiger partial charge in [0.2, 0.25) is 0 Å². The molecular formula is C22H16N6O. The van der Waals surface area contributed by atoms with Crippen LogP contribution in [-0.4, -0.2) is 32.2 Å². The van der Waals surface area contributed by atoms with Gasteiger partial charge >= 0.3 is 0 Å². The molecule has 0 aliphatic rings. The van der Waals surface area contributed by atoms with Gasteiger partial charge in [-0.3, -0.25) is 9.78 Å². The third-order valence-corrected chi connectivity index (χ3v) is 4.48. The van der Waals surface area contributed by atoms with E-state index in [0.717, 1.165) is 28.1 Å². The Hall–Kier alpha value is -4.18. The van der Waals surface area contributed by atoms with Crippen molar-refractivity contribution in [1.29, 1.82) is 5.26 Å². The SMILES string of the molecule is C=NC(=O)c1ccn2nc(-c3cccc(C#N)c3)c(-c3cc(C)nc(C)c3)c2n1. The predicted molar refractivity (Wildman–Crippen MR) is 110 cm³/mol. The van der Waals surface area contributed by atoms with Crippen molar-refractivity contribution in [3.63, 3.8) is 0 Å². The third-order valence-electron chi connectivity index (χ3n) is 4.48. The van der Waals surface area contributed by atoms with E-state index in [1.165, 1.54) is 0 Å². The van der Waals surface area contributed by atoms with Crippen molar-refractivity contribution in [2.24, 2.45) is 4.99 Å². The number of rotatable bonds is 3. The number of aromatic nitrogens is 4. The molecule has 4 aromatic rings. The fourth-order valence-corrected chi connectivity index (χ4v) is 3.31. The molecule has 0 unspecified atom stereocenters. The molecule has 29 heavy (non-hydrogen) atoms. The number of carbonyl (C=O) groups excluding carboxylic acids is 1. The van der Waals surface area contributed by atoms with E-state index in [-0.39, 0.29) is 5.69 Å². The molecule has 3 heterocycles. The van der Waals surface area contributed by atoms with Gasteiger partial charge in [0.15, 0.2) is 5.65 Å². The van der Waals surface area contributed by atoms with Gasteiger partial charge in [-0.1, -0.05) is 12.1 Å². The lowest BCUT2D eigenvalue weighted by Gasteiger charge is -2.06. The largest absolute Gasteiger partial charge is 0.295 e. The summed E-state index contributed by atoms with van der Waals surface area (Å²) in [6, 6.07) is 14.8. The van der Waals surface area contributed by atoms with Crippen LogP contribution in [0.15, 0.2) is 53.7 Å². The van der Waals surface area contributed by atoms with Crippen LogP contribution in [0.1, 0.15) is 27.4 Å². The normalized spacial score (nSPS) is 10.7. The number of amides is 1. The number of nitrogens with zero attached hydrogens (tertiary/aromatic N) is 6. The van der Waals surface area contributed by atoms with Crippen LogP contribution >= 0.6 is 0 Å². The summed E-state index contributed by atoms with van der Waals surface area (Å²) in [4.78, 5) is 24.4. The Labute approximate surface area is 167 Å². The van der Waals surface area contributed by atoms with Crippen LogP contribution in [-0.2, 0) is 0 Å². The summed E-state index contributed by atoms with van der Waals surface area (Å²) in [5.41, 5.74) is 6.04. The zero-order chi connectivity index (χ0) is 20.5. The molecule has 0 N–H and O–H groups in total. The molecule has 7 nitrogen and oxygen atoms in total. The Kier molecular flexibility index (Phi) is 4.45. The van der Waals surface area contributed by atoms with E-state index in [1.54, 1.807) is 28.9 Å². The lowest BCUT2D eigenvalue weighted by Crippen LogP contribution is -2.01. The van der Waals surface area contributed by atoms with E-state index in [2.05, 4.69) is 32.8 Å². The Morgan fingerprint density at radius 1 is 1.10 bits per heavy atom. The highest BCUT2D eigenvalue weighted by Gasteiger charge is 2.20. The van der Waals surface area contributed by atoms with Gasteiger partial charge in [-0.2, -0.15) is 10.4 Å². The summed E-state index contributed by atoms with van der Waals surface area (Å²) >= 11 is 0. The highest BCUT2D eigenvalue weighted by Crippen LogP contribution is 2.35. The van der Waals surface area contributed by atoms with Crippen molar-refractivity contribution in [2.45, 2.75) is 13.8 Å². The van der Waals surface area contributed by atoms with E-state index in [9.17, 15) is 10.1 Å². The predicted octanol–water partition coefficient (Wildman–Crippen LogP) is 3.79. The van der Waals surface area contributed by atoms with Crippen LogP contribution < -0.4 is 0 Å². The van der Waals surface area contributed by atoms with E-state index in [0.29, 0.717) is 16.9 Å². The zero-order valence-corrected chi connectivity index (χ0v) is 15.9. The molecule has 0 bridgehead atoms. The van der Waals surface area contributed by atoms with Gasteiger partial charge in [0.1, 0.15) is 11.4 Å². The molecule has 0 saturated carbocycles. The van der Waals surface area contributed by atoms with Gasteiger partial charge in [-0.05, 0) is 56.5 Å². The van der Waals surface area contributed by atoms with Crippen molar-refractivity contribution in [3.8, 4) is 28.5 Å². The molecule has 0 radical (unpaired) electrons. The second kappa shape index (κ2) is 7.09. The van der Waals surface area contributed by atoms with Gasteiger partial charge in [0.05, 0.1) is 17.2 Å². The second-order valence-electron chi connectivity index (χ2n) is 6.60.